The van der Waals surface area contributed by atoms with E-state index in [4.69, 9.17) is 5.11 Å². The van der Waals surface area contributed by atoms with Crippen LogP contribution in [0.25, 0.3) is 0 Å². The summed E-state index contributed by atoms with van der Waals surface area (Å²) < 4.78 is 0. The Morgan fingerprint density at radius 3 is 2.42 bits per heavy atom. The minimum atomic E-state index is -0.541. The van der Waals surface area contributed by atoms with Crippen LogP contribution in [-0.4, -0.2) is 35.1 Å². The summed E-state index contributed by atoms with van der Waals surface area (Å²) in [5, 5.41) is 8.94. The fraction of sp³-hybridized carbons (Fsp3) is 0.667. The van der Waals surface area contributed by atoms with Crippen LogP contribution in [0.5, 0.6) is 0 Å². The molecular weight excluding hydrogens is 154 g/mol. The topological polar surface area (TPSA) is 40.5 Å². The maximum absolute atomic E-state index is 11.2. The Morgan fingerprint density at radius 1 is 1.58 bits per heavy atom. The number of likely N-dealkylation sites (N-methyl/N-ethyl adjacent to an activating group) is 1. The third-order valence-electron chi connectivity index (χ3n) is 1.83. The average Bonchev–Trinajstić information content (AvgIpc) is 2.03. The number of hydrogen-bond acceptors (Lipinski definition) is 2. The Labute approximate surface area is 73.4 Å². The van der Waals surface area contributed by atoms with E-state index in [0.717, 1.165) is 0 Å². The van der Waals surface area contributed by atoms with E-state index in [1.807, 2.05) is 0 Å². The van der Waals surface area contributed by atoms with Gasteiger partial charge in [0.25, 0.3) is 5.91 Å². The Bertz CT molecular complexity index is 222. The van der Waals surface area contributed by atoms with Gasteiger partial charge in [-0.05, 0) is 26.7 Å². The van der Waals surface area contributed by atoms with Crippen LogP contribution in [0.3, 0.4) is 0 Å². The molecule has 0 radical (unpaired) electrons. The highest BCUT2D eigenvalue weighted by Crippen LogP contribution is 2.10. The second-order valence-corrected chi connectivity index (χ2v) is 3.21. The molecule has 68 valence electrons. The summed E-state index contributed by atoms with van der Waals surface area (Å²) in [6, 6.07) is 0. The average molecular weight is 169 g/mol. The quantitative estimate of drug-likeness (QED) is 0.601. The lowest BCUT2D eigenvalue weighted by Crippen LogP contribution is -2.47. The van der Waals surface area contributed by atoms with Crippen molar-refractivity contribution < 1.29 is 9.90 Å². The van der Waals surface area contributed by atoms with Crippen molar-refractivity contribution in [1.29, 1.82) is 0 Å². The van der Waals surface area contributed by atoms with E-state index >= 15 is 0 Å². The SMILES string of the molecule is CC#CC(=O)N(C)C(C)(C)CO. The Morgan fingerprint density at radius 2 is 2.08 bits per heavy atom. The van der Waals surface area contributed by atoms with Crippen LogP contribution in [0.1, 0.15) is 20.8 Å². The molecule has 0 heterocycles. The molecule has 0 rings (SSSR count). The molecule has 0 saturated carbocycles. The van der Waals surface area contributed by atoms with Gasteiger partial charge in [-0.2, -0.15) is 0 Å². The van der Waals surface area contributed by atoms with E-state index in [-0.39, 0.29) is 12.5 Å². The van der Waals surface area contributed by atoms with Gasteiger partial charge >= 0.3 is 0 Å². The first-order chi connectivity index (χ1) is 5.45. The monoisotopic (exact) mass is 169 g/mol. The molecule has 0 atom stereocenters. The number of rotatable bonds is 2. The molecule has 0 aromatic carbocycles. The smallest absolute Gasteiger partial charge is 0.298 e. The molecule has 0 aromatic rings. The number of amides is 1. The molecule has 1 amide bonds. The highest BCUT2D eigenvalue weighted by atomic mass is 16.3. The van der Waals surface area contributed by atoms with Crippen molar-refractivity contribution in [1.82, 2.24) is 4.90 Å². The minimum absolute atomic E-state index is 0.0688. The van der Waals surface area contributed by atoms with Gasteiger partial charge in [0, 0.05) is 7.05 Å². The first kappa shape index (κ1) is 11.0. The number of aliphatic hydroxyl groups is 1. The van der Waals surface area contributed by atoms with Gasteiger partial charge in [0.05, 0.1) is 12.1 Å². The van der Waals surface area contributed by atoms with Gasteiger partial charge < -0.3 is 10.0 Å². The van der Waals surface area contributed by atoms with Crippen LogP contribution in [0, 0.1) is 11.8 Å². The van der Waals surface area contributed by atoms with Crippen LogP contribution < -0.4 is 0 Å². The fourth-order valence-corrected chi connectivity index (χ4v) is 0.572. The maximum atomic E-state index is 11.2. The normalized spacial score (nSPS) is 10.1. The zero-order valence-electron chi connectivity index (χ0n) is 8.01. The molecule has 0 aliphatic carbocycles. The largest absolute Gasteiger partial charge is 0.394 e. The van der Waals surface area contributed by atoms with Gasteiger partial charge in [-0.3, -0.25) is 4.79 Å². The molecule has 3 heteroatoms. The van der Waals surface area contributed by atoms with Crippen LogP contribution in [0.2, 0.25) is 0 Å². The summed E-state index contributed by atoms with van der Waals surface area (Å²) in [5.41, 5.74) is -0.541. The van der Waals surface area contributed by atoms with Crippen molar-refractivity contribution in [2.75, 3.05) is 13.7 Å². The molecule has 0 spiro atoms. The lowest BCUT2D eigenvalue weighted by atomic mass is 10.1. The molecule has 0 fully saturated rings. The predicted octanol–water partition coefficient (Wildman–Crippen LogP) is 0.239. The number of aliphatic hydroxyl groups excluding tert-OH is 1. The lowest BCUT2D eigenvalue weighted by molar-refractivity contribution is -0.129. The Balaban J connectivity index is 4.45. The summed E-state index contributed by atoms with van der Waals surface area (Å²) in [6.45, 7) is 5.10. The van der Waals surface area contributed by atoms with E-state index < -0.39 is 5.54 Å². The first-order valence-corrected chi connectivity index (χ1v) is 3.77. The summed E-state index contributed by atoms with van der Waals surface area (Å²) in [7, 11) is 1.63. The number of hydrogen-bond donors (Lipinski definition) is 1. The van der Waals surface area contributed by atoms with Gasteiger partial charge in [-0.25, -0.2) is 0 Å². The minimum Gasteiger partial charge on any atom is -0.394 e. The van der Waals surface area contributed by atoms with Crippen LogP contribution in [-0.2, 0) is 4.79 Å². The third-order valence-corrected chi connectivity index (χ3v) is 1.83. The van der Waals surface area contributed by atoms with Gasteiger partial charge in [0.2, 0.25) is 0 Å². The van der Waals surface area contributed by atoms with E-state index in [1.54, 1.807) is 27.8 Å². The fourth-order valence-electron chi connectivity index (χ4n) is 0.572. The summed E-state index contributed by atoms with van der Waals surface area (Å²) in [5.74, 6) is 4.67. The molecule has 12 heavy (non-hydrogen) atoms. The predicted molar refractivity (Wildman–Crippen MR) is 47.4 cm³/mol. The summed E-state index contributed by atoms with van der Waals surface area (Å²) >= 11 is 0. The van der Waals surface area contributed by atoms with Crippen molar-refractivity contribution in [3.8, 4) is 11.8 Å². The molecule has 0 aliphatic heterocycles. The van der Waals surface area contributed by atoms with Crippen LogP contribution in [0.15, 0.2) is 0 Å². The second-order valence-electron chi connectivity index (χ2n) is 3.21. The van der Waals surface area contributed by atoms with Crippen molar-refractivity contribution in [2.45, 2.75) is 26.3 Å². The lowest BCUT2D eigenvalue weighted by Gasteiger charge is -2.32. The van der Waals surface area contributed by atoms with Gasteiger partial charge in [0.1, 0.15) is 0 Å². The molecule has 0 bridgehead atoms. The van der Waals surface area contributed by atoms with Crippen LogP contribution >= 0.6 is 0 Å². The maximum Gasteiger partial charge on any atom is 0.298 e. The molecule has 0 aromatic heterocycles. The van der Waals surface area contributed by atoms with Gasteiger partial charge in [-0.15, -0.1) is 0 Å². The molecule has 1 N–H and O–H groups in total. The van der Waals surface area contributed by atoms with Gasteiger partial charge in [0.15, 0.2) is 0 Å². The highest BCUT2D eigenvalue weighted by Gasteiger charge is 2.25. The van der Waals surface area contributed by atoms with Crippen molar-refractivity contribution in [3.05, 3.63) is 0 Å². The third kappa shape index (κ3) is 2.55. The number of nitrogens with zero attached hydrogens (tertiary/aromatic N) is 1. The van der Waals surface area contributed by atoms with E-state index in [2.05, 4.69) is 11.8 Å². The van der Waals surface area contributed by atoms with Crippen molar-refractivity contribution in [3.63, 3.8) is 0 Å². The van der Waals surface area contributed by atoms with Gasteiger partial charge in [-0.1, -0.05) is 5.92 Å². The summed E-state index contributed by atoms with van der Waals surface area (Å²) in [4.78, 5) is 12.6. The van der Waals surface area contributed by atoms with E-state index in [9.17, 15) is 4.79 Å². The van der Waals surface area contributed by atoms with Crippen molar-refractivity contribution in [2.24, 2.45) is 0 Å². The second kappa shape index (κ2) is 4.13. The zero-order valence-corrected chi connectivity index (χ0v) is 8.01. The van der Waals surface area contributed by atoms with E-state index in [0.29, 0.717) is 0 Å². The van der Waals surface area contributed by atoms with E-state index in [1.165, 1.54) is 4.90 Å². The highest BCUT2D eigenvalue weighted by molar-refractivity contribution is 5.93. The standard InChI is InChI=1S/C9H15NO2/c1-5-6-8(12)10(4)9(2,3)7-11/h11H,7H2,1-4H3. The molecule has 3 nitrogen and oxygen atoms in total. The van der Waals surface area contributed by atoms with Crippen LogP contribution in [0.4, 0.5) is 0 Å². The first-order valence-electron chi connectivity index (χ1n) is 3.77. The summed E-state index contributed by atoms with van der Waals surface area (Å²) in [6.07, 6.45) is 0. The molecule has 0 aliphatic rings. The Hall–Kier alpha value is -1.01. The molecular formula is C9H15NO2. The zero-order chi connectivity index (χ0) is 9.78. The van der Waals surface area contributed by atoms with Crippen molar-refractivity contribution >= 4 is 5.91 Å². The molecule has 0 saturated heterocycles. The Kier molecular flexibility index (Phi) is 3.78. The number of carbonyl (C=O) groups is 1. The number of carbonyl (C=O) groups excluding carboxylic acids is 1. The molecule has 0 unspecified atom stereocenters.